The average molecular weight is 355 g/mol. The van der Waals surface area contributed by atoms with Gasteiger partial charge in [-0.1, -0.05) is 0 Å². The van der Waals surface area contributed by atoms with E-state index >= 15 is 0 Å². The van der Waals surface area contributed by atoms with Crippen molar-refractivity contribution in [3.05, 3.63) is 42.5 Å². The van der Waals surface area contributed by atoms with E-state index in [0.717, 1.165) is 0 Å². The van der Waals surface area contributed by atoms with E-state index < -0.39 is 5.41 Å². The highest BCUT2D eigenvalue weighted by Crippen LogP contribution is 2.34. The van der Waals surface area contributed by atoms with Crippen LogP contribution in [0.25, 0.3) is 0 Å². The van der Waals surface area contributed by atoms with Gasteiger partial charge in [-0.05, 0) is 50.2 Å². The highest BCUT2D eigenvalue weighted by Gasteiger charge is 2.32. The zero-order valence-electron chi connectivity index (χ0n) is 14.9. The third kappa shape index (κ3) is 3.88. The van der Waals surface area contributed by atoms with Gasteiger partial charge in [0, 0.05) is 17.4 Å². The Morgan fingerprint density at radius 3 is 2.46 bits per heavy atom. The fourth-order valence-electron chi connectivity index (χ4n) is 2.41. The van der Waals surface area contributed by atoms with Crippen molar-refractivity contribution in [2.75, 3.05) is 29.7 Å². The Hall–Kier alpha value is -3.22. The van der Waals surface area contributed by atoms with Gasteiger partial charge in [0.1, 0.15) is 18.1 Å². The summed E-state index contributed by atoms with van der Waals surface area (Å²) in [4.78, 5) is 24.3. The molecule has 0 unspecified atom stereocenters. The van der Waals surface area contributed by atoms with Crippen LogP contribution >= 0.6 is 0 Å². The van der Waals surface area contributed by atoms with Crippen LogP contribution in [0.15, 0.2) is 42.5 Å². The number of nitrogens with one attached hydrogen (secondary N) is 3. The van der Waals surface area contributed by atoms with Crippen LogP contribution < -0.4 is 25.4 Å². The molecule has 7 nitrogen and oxygen atoms in total. The predicted octanol–water partition coefficient (Wildman–Crippen LogP) is 3.70. The number of amides is 3. The minimum absolute atomic E-state index is 0.103. The summed E-state index contributed by atoms with van der Waals surface area (Å²) < 4.78 is 10.8. The Labute approximate surface area is 151 Å². The van der Waals surface area contributed by atoms with Gasteiger partial charge in [0.2, 0.25) is 5.91 Å². The highest BCUT2D eigenvalue weighted by molar-refractivity contribution is 6.01. The molecule has 0 fully saturated rings. The van der Waals surface area contributed by atoms with Gasteiger partial charge in [-0.25, -0.2) is 4.79 Å². The lowest BCUT2D eigenvalue weighted by Crippen LogP contribution is -2.33. The second kappa shape index (κ2) is 6.95. The monoisotopic (exact) mass is 355 g/mol. The highest BCUT2D eigenvalue weighted by atomic mass is 16.5. The zero-order chi connectivity index (χ0) is 18.7. The maximum absolute atomic E-state index is 12.2. The summed E-state index contributed by atoms with van der Waals surface area (Å²) in [5.74, 6) is 1.13. The summed E-state index contributed by atoms with van der Waals surface area (Å²) in [5.41, 5.74) is 1.16. The van der Waals surface area contributed by atoms with Crippen molar-refractivity contribution in [1.82, 2.24) is 0 Å². The zero-order valence-corrected chi connectivity index (χ0v) is 14.9. The summed E-state index contributed by atoms with van der Waals surface area (Å²) in [5, 5.41) is 8.33. The van der Waals surface area contributed by atoms with Crippen LogP contribution in [0.2, 0.25) is 0 Å². The van der Waals surface area contributed by atoms with Crippen LogP contribution in [-0.2, 0) is 4.79 Å². The quantitative estimate of drug-likeness (QED) is 0.783. The normalized spacial score (nSPS) is 15.0. The number of anilines is 3. The van der Waals surface area contributed by atoms with Gasteiger partial charge in [-0.3, -0.25) is 4.79 Å². The van der Waals surface area contributed by atoms with E-state index in [1.165, 1.54) is 0 Å². The largest absolute Gasteiger partial charge is 0.497 e. The molecule has 1 aliphatic rings. The summed E-state index contributed by atoms with van der Waals surface area (Å²) in [6.45, 7) is 3.89. The van der Waals surface area contributed by atoms with Gasteiger partial charge in [-0.15, -0.1) is 0 Å². The lowest BCUT2D eigenvalue weighted by molar-refractivity contribution is -0.124. The maximum Gasteiger partial charge on any atom is 0.323 e. The van der Waals surface area contributed by atoms with Gasteiger partial charge in [0.15, 0.2) is 0 Å². The topological polar surface area (TPSA) is 88.7 Å². The summed E-state index contributed by atoms with van der Waals surface area (Å²) in [6, 6.07) is 11.7. The molecule has 1 aliphatic heterocycles. The first-order valence-corrected chi connectivity index (χ1v) is 8.18. The Balaban J connectivity index is 1.68. The molecule has 0 aromatic heterocycles. The molecule has 0 atom stereocenters. The molecule has 0 radical (unpaired) electrons. The number of hydrogen-bond donors (Lipinski definition) is 3. The summed E-state index contributed by atoms with van der Waals surface area (Å²) in [7, 11) is 1.58. The number of urea groups is 1. The summed E-state index contributed by atoms with van der Waals surface area (Å²) in [6.07, 6.45) is 0. The van der Waals surface area contributed by atoms with Crippen LogP contribution in [0.4, 0.5) is 21.9 Å². The smallest absolute Gasteiger partial charge is 0.323 e. The third-order valence-corrected chi connectivity index (χ3v) is 4.04. The number of hydrogen-bond acceptors (Lipinski definition) is 4. The molecule has 2 aromatic rings. The number of carbonyl (C=O) groups excluding carboxylic acids is 2. The Morgan fingerprint density at radius 2 is 1.77 bits per heavy atom. The molecule has 0 bridgehead atoms. The van der Waals surface area contributed by atoms with Gasteiger partial charge in [0.25, 0.3) is 0 Å². The SMILES string of the molecule is COc1ccc(NC(=O)Nc2ccc3c(c2)OCC(C)(C)C(=O)N3)cc1. The molecule has 7 heteroatoms. The minimum Gasteiger partial charge on any atom is -0.497 e. The number of ether oxygens (including phenoxy) is 2. The van der Waals surface area contributed by atoms with Crippen LogP contribution in [0.1, 0.15) is 13.8 Å². The Kier molecular flexibility index (Phi) is 4.71. The molecule has 0 spiro atoms. The van der Waals surface area contributed by atoms with Gasteiger partial charge < -0.3 is 25.4 Å². The van der Waals surface area contributed by atoms with Gasteiger partial charge >= 0.3 is 6.03 Å². The van der Waals surface area contributed by atoms with E-state index in [0.29, 0.717) is 28.6 Å². The molecular weight excluding hydrogens is 334 g/mol. The van der Waals surface area contributed by atoms with Crippen LogP contribution in [-0.4, -0.2) is 25.7 Å². The second-order valence-electron chi connectivity index (χ2n) is 6.65. The molecule has 136 valence electrons. The maximum atomic E-state index is 12.2. The number of rotatable bonds is 3. The second-order valence-corrected chi connectivity index (χ2v) is 6.65. The number of carbonyl (C=O) groups is 2. The first-order chi connectivity index (χ1) is 12.4. The molecule has 3 rings (SSSR count). The summed E-state index contributed by atoms with van der Waals surface area (Å²) >= 11 is 0. The first-order valence-electron chi connectivity index (χ1n) is 8.18. The van der Waals surface area contributed by atoms with Crippen LogP contribution in [0, 0.1) is 5.41 Å². The molecule has 1 heterocycles. The van der Waals surface area contributed by atoms with E-state index in [1.807, 2.05) is 13.8 Å². The van der Waals surface area contributed by atoms with Crippen molar-refractivity contribution >= 4 is 29.0 Å². The lowest BCUT2D eigenvalue weighted by atomic mass is 9.94. The number of benzene rings is 2. The molecule has 0 aliphatic carbocycles. The Morgan fingerprint density at radius 1 is 1.12 bits per heavy atom. The Bertz CT molecular complexity index is 831. The first kappa shape index (κ1) is 17.6. The number of fused-ring (bicyclic) bond motifs is 1. The molecule has 26 heavy (non-hydrogen) atoms. The van der Waals surface area contributed by atoms with E-state index in [9.17, 15) is 9.59 Å². The van der Waals surface area contributed by atoms with Gasteiger partial charge in [0.05, 0.1) is 18.2 Å². The van der Waals surface area contributed by atoms with Gasteiger partial charge in [-0.2, -0.15) is 0 Å². The van der Waals surface area contributed by atoms with Crippen molar-refractivity contribution < 1.29 is 19.1 Å². The van der Waals surface area contributed by atoms with E-state index in [4.69, 9.17) is 9.47 Å². The predicted molar refractivity (Wildman–Crippen MR) is 100.0 cm³/mol. The van der Waals surface area contributed by atoms with Crippen LogP contribution in [0.5, 0.6) is 11.5 Å². The average Bonchev–Trinajstić information content (AvgIpc) is 2.72. The van der Waals surface area contributed by atoms with Crippen molar-refractivity contribution in [2.24, 2.45) is 5.41 Å². The molecule has 3 N–H and O–H groups in total. The lowest BCUT2D eigenvalue weighted by Gasteiger charge is -2.18. The standard InChI is InChI=1S/C19H21N3O4/c1-19(2)11-26-16-10-13(6-9-15(16)22-17(19)23)21-18(24)20-12-4-7-14(25-3)8-5-12/h4-10H,11H2,1-3H3,(H,22,23)(H2,20,21,24). The molecule has 2 aromatic carbocycles. The molecular formula is C19H21N3O4. The molecule has 0 saturated carbocycles. The van der Waals surface area contributed by atoms with E-state index in [-0.39, 0.29) is 18.5 Å². The molecule has 3 amide bonds. The van der Waals surface area contributed by atoms with Crippen LogP contribution in [0.3, 0.4) is 0 Å². The fraction of sp³-hybridized carbons (Fsp3) is 0.263. The van der Waals surface area contributed by atoms with Crippen molar-refractivity contribution in [3.63, 3.8) is 0 Å². The van der Waals surface area contributed by atoms with Crippen molar-refractivity contribution in [3.8, 4) is 11.5 Å². The fourth-order valence-corrected chi connectivity index (χ4v) is 2.41. The van der Waals surface area contributed by atoms with E-state index in [2.05, 4.69) is 16.0 Å². The number of methoxy groups -OCH3 is 1. The third-order valence-electron chi connectivity index (χ3n) is 4.04. The van der Waals surface area contributed by atoms with E-state index in [1.54, 1.807) is 49.6 Å². The van der Waals surface area contributed by atoms with Crippen molar-refractivity contribution in [1.29, 1.82) is 0 Å². The molecule has 0 saturated heterocycles. The minimum atomic E-state index is -0.627. The van der Waals surface area contributed by atoms with Crippen molar-refractivity contribution in [2.45, 2.75) is 13.8 Å².